The van der Waals surface area contributed by atoms with Crippen LogP contribution in [0.3, 0.4) is 0 Å². The van der Waals surface area contributed by atoms with Gasteiger partial charge in [-0.25, -0.2) is 12.8 Å². The summed E-state index contributed by atoms with van der Waals surface area (Å²) in [6, 6.07) is 9.16. The van der Waals surface area contributed by atoms with E-state index >= 15 is 0 Å². The summed E-state index contributed by atoms with van der Waals surface area (Å²) in [4.78, 5) is 1.93. The van der Waals surface area contributed by atoms with Gasteiger partial charge < -0.3 is 14.4 Å². The van der Waals surface area contributed by atoms with E-state index in [4.69, 9.17) is 9.47 Å². The third-order valence-electron chi connectivity index (χ3n) is 5.81. The molecule has 1 saturated heterocycles. The van der Waals surface area contributed by atoms with Crippen molar-refractivity contribution in [1.29, 1.82) is 0 Å². The third kappa shape index (κ3) is 5.35. The Hall–Kier alpha value is -2.33. The minimum atomic E-state index is -4.14. The second kappa shape index (κ2) is 8.90. The summed E-state index contributed by atoms with van der Waals surface area (Å²) in [5.41, 5.74) is 1.18. The first-order valence-electron chi connectivity index (χ1n) is 10.3. The van der Waals surface area contributed by atoms with Crippen LogP contribution in [0.1, 0.15) is 19.3 Å². The van der Waals surface area contributed by atoms with Gasteiger partial charge in [0.1, 0.15) is 10.6 Å². The average Bonchev–Trinajstić information content (AvgIpc) is 3.05. The number of ether oxygens (including phenoxy) is 2. The molecule has 5 nitrogen and oxygen atoms in total. The molecule has 2 heterocycles. The maximum Gasteiger partial charge on any atom is 0.390 e. The minimum absolute atomic E-state index is 0.00678. The van der Waals surface area contributed by atoms with E-state index in [9.17, 15) is 26.0 Å². The zero-order chi connectivity index (χ0) is 22.9. The van der Waals surface area contributed by atoms with Crippen molar-refractivity contribution in [2.45, 2.75) is 30.3 Å². The van der Waals surface area contributed by atoms with Gasteiger partial charge in [0.15, 0.2) is 17.5 Å². The summed E-state index contributed by atoms with van der Waals surface area (Å²) < 4.78 is 86.2. The van der Waals surface area contributed by atoms with Crippen LogP contribution in [-0.2, 0) is 9.84 Å². The Morgan fingerprint density at radius 3 is 2.44 bits per heavy atom. The lowest BCUT2D eigenvalue weighted by molar-refractivity contribution is -0.138. The Labute approximate surface area is 183 Å². The second-order valence-corrected chi connectivity index (χ2v) is 10.0. The predicted octanol–water partition coefficient (Wildman–Crippen LogP) is 4.66. The SMILES string of the molecule is O=S1(=O)COc2cc(-c3ccc(OCC4CCN(CCC(F)(F)F)CC4)c(F)c3)ccc21. The maximum atomic E-state index is 14.6. The molecule has 10 heteroatoms. The van der Waals surface area contributed by atoms with Gasteiger partial charge >= 0.3 is 6.18 Å². The number of rotatable bonds is 6. The number of likely N-dealkylation sites (tertiary alicyclic amines) is 1. The maximum absolute atomic E-state index is 14.6. The fourth-order valence-corrected chi connectivity index (χ4v) is 5.04. The molecule has 0 aromatic heterocycles. The van der Waals surface area contributed by atoms with Gasteiger partial charge in [-0.2, -0.15) is 13.2 Å². The standard InChI is InChI=1S/C22H23F4NO4S/c23-18-11-16(17-2-4-21-20(12-17)31-14-32(21,28)29)1-3-19(18)30-13-15-5-8-27(9-6-15)10-7-22(24,25)26/h1-4,11-12,15H,5-10,13-14H2. The van der Waals surface area contributed by atoms with Gasteiger partial charge in [0, 0.05) is 6.54 Å². The molecule has 0 unspecified atom stereocenters. The number of alkyl halides is 3. The minimum Gasteiger partial charge on any atom is -0.490 e. The molecule has 0 spiro atoms. The van der Waals surface area contributed by atoms with E-state index in [0.29, 0.717) is 43.7 Å². The number of sulfone groups is 1. The topological polar surface area (TPSA) is 55.8 Å². The molecule has 4 rings (SSSR count). The lowest BCUT2D eigenvalue weighted by Crippen LogP contribution is -2.37. The Balaban J connectivity index is 1.32. The monoisotopic (exact) mass is 473 g/mol. The highest BCUT2D eigenvalue weighted by molar-refractivity contribution is 7.91. The molecule has 2 aromatic carbocycles. The normalized spacial score (nSPS) is 18.9. The Morgan fingerprint density at radius 1 is 1.06 bits per heavy atom. The summed E-state index contributed by atoms with van der Waals surface area (Å²) in [6.07, 6.45) is -3.54. The Morgan fingerprint density at radius 2 is 1.75 bits per heavy atom. The highest BCUT2D eigenvalue weighted by Gasteiger charge is 2.30. The molecule has 2 aromatic rings. The number of hydrogen-bond acceptors (Lipinski definition) is 5. The number of hydrogen-bond donors (Lipinski definition) is 0. The van der Waals surface area contributed by atoms with Crippen LogP contribution in [0, 0.1) is 11.7 Å². The third-order valence-corrected chi connectivity index (χ3v) is 7.24. The number of fused-ring (bicyclic) bond motifs is 1. The van der Waals surface area contributed by atoms with Gasteiger partial charge in [0.2, 0.25) is 9.84 Å². The highest BCUT2D eigenvalue weighted by atomic mass is 32.2. The molecular weight excluding hydrogens is 450 g/mol. The van der Waals surface area contributed by atoms with Crippen LogP contribution in [0.5, 0.6) is 11.5 Å². The second-order valence-electron chi connectivity index (χ2n) is 8.14. The molecule has 174 valence electrons. The van der Waals surface area contributed by atoms with Crippen molar-refractivity contribution >= 4 is 9.84 Å². The predicted molar refractivity (Wildman–Crippen MR) is 110 cm³/mol. The summed E-state index contributed by atoms with van der Waals surface area (Å²) >= 11 is 0. The molecule has 1 fully saturated rings. The molecule has 0 radical (unpaired) electrons. The van der Waals surface area contributed by atoms with Crippen molar-refractivity contribution < 1.29 is 35.5 Å². The van der Waals surface area contributed by atoms with Crippen LogP contribution in [0.25, 0.3) is 11.1 Å². The first-order valence-corrected chi connectivity index (χ1v) is 12.0. The molecule has 32 heavy (non-hydrogen) atoms. The highest BCUT2D eigenvalue weighted by Crippen LogP contribution is 2.36. The summed E-state index contributed by atoms with van der Waals surface area (Å²) in [5, 5.41) is 0. The summed E-state index contributed by atoms with van der Waals surface area (Å²) in [6.45, 7) is 1.45. The van der Waals surface area contributed by atoms with Gasteiger partial charge in [-0.1, -0.05) is 12.1 Å². The van der Waals surface area contributed by atoms with Crippen molar-refractivity contribution in [3.63, 3.8) is 0 Å². The van der Waals surface area contributed by atoms with Crippen molar-refractivity contribution in [2.24, 2.45) is 5.92 Å². The zero-order valence-corrected chi connectivity index (χ0v) is 18.0. The number of benzene rings is 2. The van der Waals surface area contributed by atoms with E-state index in [0.717, 1.165) is 0 Å². The fraction of sp³-hybridized carbons (Fsp3) is 0.455. The van der Waals surface area contributed by atoms with Gasteiger partial charge in [0.05, 0.1) is 13.0 Å². The molecule has 0 atom stereocenters. The van der Waals surface area contributed by atoms with Gasteiger partial charge in [-0.15, -0.1) is 0 Å². The first kappa shape index (κ1) is 22.8. The quantitative estimate of drug-likeness (QED) is 0.572. The number of nitrogens with zero attached hydrogens (tertiary/aromatic N) is 1. The van der Waals surface area contributed by atoms with Crippen molar-refractivity contribution in [3.05, 3.63) is 42.2 Å². The van der Waals surface area contributed by atoms with E-state index in [1.165, 1.54) is 18.2 Å². The molecule has 0 bridgehead atoms. The lowest BCUT2D eigenvalue weighted by Gasteiger charge is -2.32. The summed E-state index contributed by atoms with van der Waals surface area (Å²) in [5.74, 6) is -0.419. The Kier molecular flexibility index (Phi) is 6.35. The van der Waals surface area contributed by atoms with E-state index in [-0.39, 0.29) is 28.9 Å². The fourth-order valence-electron chi connectivity index (χ4n) is 3.93. The van der Waals surface area contributed by atoms with Gasteiger partial charge in [-0.05, 0) is 67.2 Å². The molecule has 0 aliphatic carbocycles. The molecule has 2 aliphatic heterocycles. The smallest absolute Gasteiger partial charge is 0.390 e. The van der Waals surface area contributed by atoms with Crippen LogP contribution in [0.2, 0.25) is 0 Å². The van der Waals surface area contributed by atoms with Crippen LogP contribution in [-0.4, -0.2) is 51.7 Å². The van der Waals surface area contributed by atoms with Crippen LogP contribution >= 0.6 is 0 Å². The largest absolute Gasteiger partial charge is 0.490 e. The van der Waals surface area contributed by atoms with E-state index in [1.54, 1.807) is 23.1 Å². The van der Waals surface area contributed by atoms with E-state index in [2.05, 4.69) is 0 Å². The van der Waals surface area contributed by atoms with Crippen LogP contribution < -0.4 is 9.47 Å². The van der Waals surface area contributed by atoms with Crippen molar-refractivity contribution in [3.8, 4) is 22.6 Å². The molecule has 2 aliphatic rings. The first-order chi connectivity index (χ1) is 15.1. The molecule has 0 saturated carbocycles. The van der Waals surface area contributed by atoms with Crippen LogP contribution in [0.15, 0.2) is 41.3 Å². The summed E-state index contributed by atoms with van der Waals surface area (Å²) in [7, 11) is -3.42. The van der Waals surface area contributed by atoms with Crippen molar-refractivity contribution in [2.75, 3.05) is 32.2 Å². The zero-order valence-electron chi connectivity index (χ0n) is 17.2. The van der Waals surface area contributed by atoms with Crippen molar-refractivity contribution in [1.82, 2.24) is 4.90 Å². The molecule has 0 amide bonds. The number of piperidine rings is 1. The molecule has 0 N–H and O–H groups in total. The van der Waals surface area contributed by atoms with E-state index < -0.39 is 34.2 Å². The van der Waals surface area contributed by atoms with Gasteiger partial charge in [0.25, 0.3) is 0 Å². The number of halogens is 4. The van der Waals surface area contributed by atoms with Gasteiger partial charge in [-0.3, -0.25) is 0 Å². The van der Waals surface area contributed by atoms with E-state index in [1.807, 2.05) is 0 Å². The lowest BCUT2D eigenvalue weighted by atomic mass is 9.97. The Bertz CT molecular complexity index is 1080. The average molecular weight is 473 g/mol. The van der Waals surface area contributed by atoms with Crippen LogP contribution in [0.4, 0.5) is 17.6 Å². The molecular formula is C22H23F4NO4S.